The van der Waals surface area contributed by atoms with E-state index in [2.05, 4.69) is 43.1 Å². The van der Waals surface area contributed by atoms with Gasteiger partial charge in [0.25, 0.3) is 0 Å². The van der Waals surface area contributed by atoms with Gasteiger partial charge in [0.05, 0.1) is 0 Å². The SMILES string of the molecule is Cc1cc(Cl)ccc1CC1SCCNC1C. The first-order valence-corrected chi connectivity index (χ1v) is 7.19. The number of hydrogen-bond donors (Lipinski definition) is 1. The lowest BCUT2D eigenvalue weighted by Gasteiger charge is -2.30. The molecule has 2 unspecified atom stereocenters. The van der Waals surface area contributed by atoms with Gasteiger partial charge in [-0.2, -0.15) is 11.8 Å². The fraction of sp³-hybridized carbons (Fsp3) is 0.538. The molecule has 1 saturated heterocycles. The molecule has 2 atom stereocenters. The molecule has 1 nitrogen and oxygen atoms in total. The molecule has 0 radical (unpaired) electrons. The van der Waals surface area contributed by atoms with Crippen molar-refractivity contribution >= 4 is 23.4 Å². The third kappa shape index (κ3) is 2.93. The molecule has 0 aliphatic carbocycles. The van der Waals surface area contributed by atoms with Crippen LogP contribution >= 0.6 is 23.4 Å². The van der Waals surface area contributed by atoms with Crippen molar-refractivity contribution in [2.24, 2.45) is 0 Å². The summed E-state index contributed by atoms with van der Waals surface area (Å²) in [6, 6.07) is 6.83. The Morgan fingerprint density at radius 3 is 3.00 bits per heavy atom. The first-order valence-electron chi connectivity index (χ1n) is 5.77. The number of nitrogens with one attached hydrogen (secondary N) is 1. The monoisotopic (exact) mass is 255 g/mol. The van der Waals surface area contributed by atoms with Crippen LogP contribution in [0, 0.1) is 6.92 Å². The van der Waals surface area contributed by atoms with Gasteiger partial charge in [-0.3, -0.25) is 0 Å². The molecule has 16 heavy (non-hydrogen) atoms. The predicted molar refractivity (Wildman–Crippen MR) is 73.6 cm³/mol. The second-order valence-electron chi connectivity index (χ2n) is 4.43. The zero-order valence-corrected chi connectivity index (χ0v) is 11.4. The zero-order chi connectivity index (χ0) is 11.5. The number of hydrogen-bond acceptors (Lipinski definition) is 2. The van der Waals surface area contributed by atoms with Crippen LogP contribution < -0.4 is 5.32 Å². The molecular formula is C13H18ClNS. The van der Waals surface area contributed by atoms with Crippen LogP contribution in [-0.2, 0) is 6.42 Å². The van der Waals surface area contributed by atoms with Crippen molar-refractivity contribution < 1.29 is 0 Å². The number of halogens is 1. The average Bonchev–Trinajstić information content (AvgIpc) is 2.25. The van der Waals surface area contributed by atoms with Crippen molar-refractivity contribution in [2.45, 2.75) is 31.6 Å². The summed E-state index contributed by atoms with van der Waals surface area (Å²) in [7, 11) is 0. The van der Waals surface area contributed by atoms with Gasteiger partial charge in [-0.15, -0.1) is 0 Å². The minimum atomic E-state index is 0.605. The van der Waals surface area contributed by atoms with E-state index in [9.17, 15) is 0 Å². The molecule has 1 fully saturated rings. The van der Waals surface area contributed by atoms with E-state index in [-0.39, 0.29) is 0 Å². The Balaban J connectivity index is 2.07. The molecule has 0 aromatic heterocycles. The van der Waals surface area contributed by atoms with Gasteiger partial charge in [-0.25, -0.2) is 0 Å². The van der Waals surface area contributed by atoms with Gasteiger partial charge in [0.1, 0.15) is 0 Å². The summed E-state index contributed by atoms with van der Waals surface area (Å²) in [6.07, 6.45) is 1.14. The van der Waals surface area contributed by atoms with Crippen molar-refractivity contribution in [2.75, 3.05) is 12.3 Å². The highest BCUT2D eigenvalue weighted by atomic mass is 35.5. The predicted octanol–water partition coefficient (Wildman–Crippen LogP) is 3.28. The Morgan fingerprint density at radius 1 is 1.50 bits per heavy atom. The van der Waals surface area contributed by atoms with Gasteiger partial charge in [0.15, 0.2) is 0 Å². The summed E-state index contributed by atoms with van der Waals surface area (Å²) in [5, 5.41) is 5.06. The summed E-state index contributed by atoms with van der Waals surface area (Å²) >= 11 is 8.05. The first-order chi connectivity index (χ1) is 7.66. The molecule has 1 aliphatic heterocycles. The molecule has 1 aromatic carbocycles. The lowest BCUT2D eigenvalue weighted by molar-refractivity contribution is 0.528. The summed E-state index contributed by atoms with van der Waals surface area (Å²) < 4.78 is 0. The Hall–Kier alpha value is -0.180. The van der Waals surface area contributed by atoms with Crippen LogP contribution in [0.4, 0.5) is 0 Å². The molecule has 1 N–H and O–H groups in total. The van der Waals surface area contributed by atoms with Crippen LogP contribution in [0.5, 0.6) is 0 Å². The number of thioether (sulfide) groups is 1. The van der Waals surface area contributed by atoms with E-state index < -0.39 is 0 Å². The highest BCUT2D eigenvalue weighted by Gasteiger charge is 2.21. The molecule has 1 aliphatic rings. The van der Waals surface area contributed by atoms with Gasteiger partial charge in [0.2, 0.25) is 0 Å². The van der Waals surface area contributed by atoms with Crippen LogP contribution in [0.15, 0.2) is 18.2 Å². The summed E-state index contributed by atoms with van der Waals surface area (Å²) in [5.74, 6) is 1.22. The van der Waals surface area contributed by atoms with E-state index in [4.69, 9.17) is 11.6 Å². The third-order valence-corrected chi connectivity index (χ3v) is 4.86. The zero-order valence-electron chi connectivity index (χ0n) is 9.79. The maximum absolute atomic E-state index is 5.97. The topological polar surface area (TPSA) is 12.0 Å². The average molecular weight is 256 g/mol. The van der Waals surface area contributed by atoms with Crippen molar-refractivity contribution in [3.8, 4) is 0 Å². The Bertz CT molecular complexity index is 367. The Labute approximate surface area is 107 Å². The molecular weight excluding hydrogens is 238 g/mol. The van der Waals surface area contributed by atoms with Crippen LogP contribution in [0.2, 0.25) is 5.02 Å². The smallest absolute Gasteiger partial charge is 0.0408 e. The van der Waals surface area contributed by atoms with Crippen molar-refractivity contribution in [1.29, 1.82) is 0 Å². The molecule has 0 saturated carbocycles. The van der Waals surface area contributed by atoms with Crippen molar-refractivity contribution in [1.82, 2.24) is 5.32 Å². The quantitative estimate of drug-likeness (QED) is 0.871. The Morgan fingerprint density at radius 2 is 2.31 bits per heavy atom. The molecule has 0 spiro atoms. The molecule has 1 heterocycles. The first kappa shape index (κ1) is 12.3. The summed E-state index contributed by atoms with van der Waals surface area (Å²) in [4.78, 5) is 0. The highest BCUT2D eigenvalue weighted by Crippen LogP contribution is 2.25. The minimum Gasteiger partial charge on any atom is -0.312 e. The molecule has 3 heteroatoms. The molecule has 1 aromatic rings. The molecule has 88 valence electrons. The second-order valence-corrected chi connectivity index (χ2v) is 6.21. The molecule has 0 bridgehead atoms. The van der Waals surface area contributed by atoms with E-state index >= 15 is 0 Å². The van der Waals surface area contributed by atoms with E-state index in [0.717, 1.165) is 18.0 Å². The lowest BCUT2D eigenvalue weighted by Crippen LogP contribution is -2.42. The van der Waals surface area contributed by atoms with Gasteiger partial charge in [-0.05, 0) is 43.5 Å². The van der Waals surface area contributed by atoms with Gasteiger partial charge in [-0.1, -0.05) is 17.7 Å². The van der Waals surface area contributed by atoms with Crippen LogP contribution in [0.25, 0.3) is 0 Å². The lowest BCUT2D eigenvalue weighted by atomic mass is 10.0. The van der Waals surface area contributed by atoms with Gasteiger partial charge < -0.3 is 5.32 Å². The van der Waals surface area contributed by atoms with Gasteiger partial charge in [0, 0.05) is 28.6 Å². The largest absolute Gasteiger partial charge is 0.312 e. The fourth-order valence-electron chi connectivity index (χ4n) is 2.11. The normalized spacial score (nSPS) is 25.7. The van der Waals surface area contributed by atoms with E-state index in [0.29, 0.717) is 11.3 Å². The van der Waals surface area contributed by atoms with Crippen molar-refractivity contribution in [3.63, 3.8) is 0 Å². The number of rotatable bonds is 2. The number of benzene rings is 1. The van der Waals surface area contributed by atoms with Crippen LogP contribution in [0.3, 0.4) is 0 Å². The van der Waals surface area contributed by atoms with E-state index in [1.165, 1.54) is 16.9 Å². The van der Waals surface area contributed by atoms with Gasteiger partial charge >= 0.3 is 0 Å². The minimum absolute atomic E-state index is 0.605. The highest BCUT2D eigenvalue weighted by molar-refractivity contribution is 8.00. The van der Waals surface area contributed by atoms with Crippen LogP contribution in [0.1, 0.15) is 18.1 Å². The maximum atomic E-state index is 5.97. The molecule has 0 amide bonds. The third-order valence-electron chi connectivity index (χ3n) is 3.18. The van der Waals surface area contributed by atoms with Crippen LogP contribution in [-0.4, -0.2) is 23.6 Å². The van der Waals surface area contributed by atoms with E-state index in [1.54, 1.807) is 0 Å². The summed E-state index contributed by atoms with van der Waals surface area (Å²) in [5.41, 5.74) is 2.74. The number of aryl methyl sites for hydroxylation is 1. The maximum Gasteiger partial charge on any atom is 0.0408 e. The Kier molecular flexibility index (Phi) is 4.17. The fourth-order valence-corrected chi connectivity index (χ4v) is 3.56. The standard InChI is InChI=1S/C13H18ClNS/c1-9-7-12(14)4-3-11(9)8-13-10(2)15-5-6-16-13/h3-4,7,10,13,15H,5-6,8H2,1-2H3. The second kappa shape index (κ2) is 5.44. The van der Waals surface area contributed by atoms with E-state index in [1.807, 2.05) is 6.07 Å². The summed E-state index contributed by atoms with van der Waals surface area (Å²) in [6.45, 7) is 5.57. The van der Waals surface area contributed by atoms with Crippen molar-refractivity contribution in [3.05, 3.63) is 34.3 Å². The molecule has 2 rings (SSSR count).